The molecule has 306 valence electrons. The Morgan fingerprint density at radius 2 is 0.909 bits per heavy atom. The van der Waals surface area contributed by atoms with E-state index in [1.807, 2.05) is 18.2 Å². The van der Waals surface area contributed by atoms with Crippen molar-refractivity contribution in [3.05, 3.63) is 218 Å². The van der Waals surface area contributed by atoms with Gasteiger partial charge in [-0.1, -0.05) is 158 Å². The molecule has 0 bridgehead atoms. The van der Waals surface area contributed by atoms with Crippen molar-refractivity contribution in [1.29, 1.82) is 0 Å². The van der Waals surface area contributed by atoms with Crippen LogP contribution in [0.5, 0.6) is 0 Å². The molecule has 14 rings (SSSR count). The predicted molar refractivity (Wildman–Crippen MR) is 273 cm³/mol. The summed E-state index contributed by atoms with van der Waals surface area (Å²) in [6.07, 6.45) is 0. The zero-order valence-electron chi connectivity index (χ0n) is 35.5. The van der Waals surface area contributed by atoms with Crippen molar-refractivity contribution in [1.82, 2.24) is 19.5 Å². The van der Waals surface area contributed by atoms with E-state index in [-0.39, 0.29) is 0 Å². The van der Waals surface area contributed by atoms with Gasteiger partial charge in [0.05, 0.1) is 11.0 Å². The van der Waals surface area contributed by atoms with Crippen molar-refractivity contribution in [3.63, 3.8) is 0 Å². The van der Waals surface area contributed by atoms with Crippen molar-refractivity contribution in [3.8, 4) is 51.0 Å². The monoisotopic (exact) mass is 840 g/mol. The van der Waals surface area contributed by atoms with Gasteiger partial charge in [-0.25, -0.2) is 15.0 Å². The highest BCUT2D eigenvalue weighted by molar-refractivity contribution is 6.18. The summed E-state index contributed by atoms with van der Waals surface area (Å²) >= 11 is 0. The molecule has 0 aliphatic carbocycles. The van der Waals surface area contributed by atoms with E-state index in [1.54, 1.807) is 0 Å². The Hall–Kier alpha value is -8.93. The maximum Gasteiger partial charge on any atom is 0.165 e. The van der Waals surface area contributed by atoms with E-state index in [4.69, 9.17) is 19.4 Å². The van der Waals surface area contributed by atoms with Gasteiger partial charge in [0.15, 0.2) is 17.5 Å². The number of aromatic nitrogens is 4. The van der Waals surface area contributed by atoms with Gasteiger partial charge < -0.3 is 8.98 Å². The first-order valence-corrected chi connectivity index (χ1v) is 22.3. The topological polar surface area (TPSA) is 56.7 Å². The third kappa shape index (κ3) is 5.63. The minimum atomic E-state index is 0.584. The molecule has 0 radical (unpaired) electrons. The third-order valence-electron chi connectivity index (χ3n) is 13.4. The quantitative estimate of drug-likeness (QED) is 0.162. The average molecular weight is 841 g/mol. The van der Waals surface area contributed by atoms with Crippen LogP contribution in [0.4, 0.5) is 0 Å². The normalized spacial score (nSPS) is 11.9. The molecule has 3 aromatic heterocycles. The van der Waals surface area contributed by atoms with Crippen molar-refractivity contribution >= 4 is 86.8 Å². The highest BCUT2D eigenvalue weighted by Crippen LogP contribution is 2.44. The Bertz CT molecular complexity index is 4240. The van der Waals surface area contributed by atoms with Crippen LogP contribution in [0.25, 0.3) is 138 Å². The highest BCUT2D eigenvalue weighted by Gasteiger charge is 2.23. The van der Waals surface area contributed by atoms with Gasteiger partial charge >= 0.3 is 0 Å². The minimum absolute atomic E-state index is 0.584. The summed E-state index contributed by atoms with van der Waals surface area (Å²) in [5.41, 5.74) is 9.78. The van der Waals surface area contributed by atoms with Gasteiger partial charge in [-0.3, -0.25) is 0 Å². The molecule has 66 heavy (non-hydrogen) atoms. The number of hydrogen-bond donors (Lipinski definition) is 0. The molecule has 3 heterocycles. The van der Waals surface area contributed by atoms with Crippen LogP contribution in [0.2, 0.25) is 0 Å². The van der Waals surface area contributed by atoms with Crippen LogP contribution in [0, 0.1) is 0 Å². The number of benzene rings is 11. The van der Waals surface area contributed by atoms with Crippen LogP contribution in [0.1, 0.15) is 0 Å². The van der Waals surface area contributed by atoms with E-state index in [0.717, 1.165) is 98.8 Å². The van der Waals surface area contributed by atoms with Crippen LogP contribution in [0.3, 0.4) is 0 Å². The van der Waals surface area contributed by atoms with E-state index < -0.39 is 0 Å². The zero-order chi connectivity index (χ0) is 43.3. The van der Waals surface area contributed by atoms with Crippen molar-refractivity contribution in [2.24, 2.45) is 0 Å². The molecule has 14 aromatic rings. The van der Waals surface area contributed by atoms with E-state index in [1.165, 1.54) is 21.5 Å². The number of hydrogen-bond acceptors (Lipinski definition) is 4. The molecule has 0 atom stereocenters. The summed E-state index contributed by atoms with van der Waals surface area (Å²) in [6, 6.07) is 77.6. The lowest BCUT2D eigenvalue weighted by atomic mass is 9.93. The lowest BCUT2D eigenvalue weighted by Crippen LogP contribution is -2.03. The molecule has 0 saturated heterocycles. The Morgan fingerprint density at radius 3 is 1.65 bits per heavy atom. The number of rotatable bonds is 5. The number of fused-ring (bicyclic) bond motifs is 10. The predicted octanol–water partition coefficient (Wildman–Crippen LogP) is 16.1. The first-order chi connectivity index (χ1) is 32.7. The van der Waals surface area contributed by atoms with Gasteiger partial charge in [-0.15, -0.1) is 0 Å². The van der Waals surface area contributed by atoms with Gasteiger partial charge in [-0.05, 0) is 115 Å². The SMILES string of the molecule is c1ccc(-c2nc(-c3ccc(-n4c5ccccc5c5cc6ccccc6cc54)cc3-c3cccc4oc5cc6ccccc6cc5c34)nc(-c3c4ccccc4cc4ccccc34)n2)cc1. The van der Waals surface area contributed by atoms with E-state index in [9.17, 15) is 0 Å². The lowest BCUT2D eigenvalue weighted by Gasteiger charge is -2.17. The highest BCUT2D eigenvalue weighted by atomic mass is 16.3. The maximum absolute atomic E-state index is 6.72. The van der Waals surface area contributed by atoms with Gasteiger partial charge in [0, 0.05) is 43.9 Å². The molecule has 11 aromatic carbocycles. The zero-order valence-corrected chi connectivity index (χ0v) is 35.5. The second kappa shape index (κ2) is 14.3. The van der Waals surface area contributed by atoms with Crippen molar-refractivity contribution < 1.29 is 4.42 Å². The number of para-hydroxylation sites is 1. The second-order valence-corrected chi connectivity index (χ2v) is 17.1. The maximum atomic E-state index is 6.72. The standard InChI is InChI=1S/C61H36N4O/c1-2-15-37(16-3-1)59-62-60(64-61(63-59)58-45-23-10-8-21-42(45)31-43-22-9-11-24-46(43)58)49-30-29-44(65-53-27-13-12-25-47(53)51-32-38-17-4-6-19-40(38)34-54(51)65)36-50(49)48-26-14-28-55-57(48)52-33-39-18-5-7-20-41(39)35-56(52)66-55/h1-36H. The molecule has 0 saturated carbocycles. The fourth-order valence-electron chi connectivity index (χ4n) is 10.3. The molecule has 0 aliphatic heterocycles. The van der Waals surface area contributed by atoms with Gasteiger partial charge in [0.25, 0.3) is 0 Å². The van der Waals surface area contributed by atoms with Gasteiger partial charge in [-0.2, -0.15) is 0 Å². The Balaban J connectivity index is 1.10. The summed E-state index contributed by atoms with van der Waals surface area (Å²) in [4.78, 5) is 16.2. The second-order valence-electron chi connectivity index (χ2n) is 17.1. The van der Waals surface area contributed by atoms with Gasteiger partial charge in [0.1, 0.15) is 11.2 Å². The molecule has 5 nitrogen and oxygen atoms in total. The molecule has 0 aliphatic rings. The van der Waals surface area contributed by atoms with Crippen LogP contribution in [0.15, 0.2) is 223 Å². The van der Waals surface area contributed by atoms with Crippen LogP contribution in [-0.2, 0) is 0 Å². The largest absolute Gasteiger partial charge is 0.456 e. The van der Waals surface area contributed by atoms with E-state index >= 15 is 0 Å². The summed E-state index contributed by atoms with van der Waals surface area (Å²) in [6.45, 7) is 0. The van der Waals surface area contributed by atoms with E-state index in [0.29, 0.717) is 17.5 Å². The number of furan rings is 1. The van der Waals surface area contributed by atoms with Crippen molar-refractivity contribution in [2.75, 3.05) is 0 Å². The minimum Gasteiger partial charge on any atom is -0.456 e. The fourth-order valence-corrected chi connectivity index (χ4v) is 10.3. The molecule has 0 spiro atoms. The lowest BCUT2D eigenvalue weighted by molar-refractivity contribution is 0.669. The summed E-state index contributed by atoms with van der Waals surface area (Å²) in [5.74, 6) is 1.81. The van der Waals surface area contributed by atoms with Crippen LogP contribution >= 0.6 is 0 Å². The van der Waals surface area contributed by atoms with Crippen LogP contribution in [-0.4, -0.2) is 19.5 Å². The van der Waals surface area contributed by atoms with Gasteiger partial charge in [0.2, 0.25) is 0 Å². The first kappa shape index (κ1) is 36.5. The molecule has 5 heteroatoms. The molecular formula is C61H36N4O. The fraction of sp³-hybridized carbons (Fsp3) is 0. The Labute approximate surface area is 378 Å². The molecule has 0 amide bonds. The van der Waals surface area contributed by atoms with E-state index in [2.05, 4.69) is 205 Å². The smallest absolute Gasteiger partial charge is 0.165 e. The summed E-state index contributed by atoms with van der Waals surface area (Å²) < 4.78 is 9.12. The molecule has 0 N–H and O–H groups in total. The average Bonchev–Trinajstić information content (AvgIpc) is 3.91. The Kier molecular flexibility index (Phi) is 7.91. The molecule has 0 unspecified atom stereocenters. The molecular weight excluding hydrogens is 805 g/mol. The number of nitrogens with zero attached hydrogens (tertiary/aromatic N) is 4. The third-order valence-corrected chi connectivity index (χ3v) is 13.4. The summed E-state index contributed by atoms with van der Waals surface area (Å²) in [5, 5.41) is 13.7. The first-order valence-electron chi connectivity index (χ1n) is 22.3. The van der Waals surface area contributed by atoms with Crippen molar-refractivity contribution in [2.45, 2.75) is 0 Å². The Morgan fingerprint density at radius 1 is 0.318 bits per heavy atom. The summed E-state index contributed by atoms with van der Waals surface area (Å²) in [7, 11) is 0. The molecule has 0 fully saturated rings. The van der Waals surface area contributed by atoms with Crippen LogP contribution < -0.4 is 0 Å².